The molecule has 0 heterocycles. The Morgan fingerprint density at radius 1 is 1.00 bits per heavy atom. The molecule has 0 amide bonds. The van der Waals surface area contributed by atoms with Gasteiger partial charge in [0.05, 0.1) is 13.2 Å². The van der Waals surface area contributed by atoms with E-state index in [2.05, 4.69) is 0 Å². The molecule has 0 fully saturated rings. The van der Waals surface area contributed by atoms with E-state index in [4.69, 9.17) is 22.8 Å². The summed E-state index contributed by atoms with van der Waals surface area (Å²) in [5, 5.41) is 0. The first-order valence-electron chi connectivity index (χ1n) is 6.11. The molecule has 0 aliphatic heterocycles. The molecule has 0 bridgehead atoms. The fourth-order valence-corrected chi connectivity index (χ4v) is 3.23. The lowest BCUT2D eigenvalue weighted by Crippen LogP contribution is -2.45. The van der Waals surface area contributed by atoms with Gasteiger partial charge in [0.2, 0.25) is 0 Å². The molecule has 5 nitrogen and oxygen atoms in total. The Morgan fingerprint density at radius 3 is 2.26 bits per heavy atom. The summed E-state index contributed by atoms with van der Waals surface area (Å²) < 4.78 is 26.8. The van der Waals surface area contributed by atoms with Crippen molar-refractivity contribution in [3.05, 3.63) is 35.9 Å². The van der Waals surface area contributed by atoms with Gasteiger partial charge in [-0.25, -0.2) is 0 Å². The normalized spacial score (nSPS) is 11.7. The van der Waals surface area contributed by atoms with Crippen LogP contribution in [0.2, 0.25) is 6.04 Å². The van der Waals surface area contributed by atoms with Gasteiger partial charge in [0.1, 0.15) is 6.79 Å². The van der Waals surface area contributed by atoms with Crippen LogP contribution in [0, 0.1) is 0 Å². The summed E-state index contributed by atoms with van der Waals surface area (Å²) in [6.07, 6.45) is 0. The molecule has 0 unspecified atom stereocenters. The van der Waals surface area contributed by atoms with Gasteiger partial charge in [-0.3, -0.25) is 0 Å². The van der Waals surface area contributed by atoms with Crippen LogP contribution in [-0.4, -0.2) is 43.5 Å². The van der Waals surface area contributed by atoms with E-state index in [1.54, 1.807) is 21.3 Å². The molecule has 1 aromatic rings. The highest BCUT2D eigenvalue weighted by molar-refractivity contribution is 6.60. The molecule has 0 aliphatic rings. The predicted octanol–water partition coefficient (Wildman–Crippen LogP) is 2.06. The average Bonchev–Trinajstić information content (AvgIpc) is 2.48. The van der Waals surface area contributed by atoms with E-state index in [0.29, 0.717) is 19.3 Å². The summed E-state index contributed by atoms with van der Waals surface area (Å²) in [4.78, 5) is 0. The molecule has 108 valence electrons. The van der Waals surface area contributed by atoms with Crippen molar-refractivity contribution >= 4 is 8.80 Å². The van der Waals surface area contributed by atoms with Crippen LogP contribution < -0.4 is 0 Å². The van der Waals surface area contributed by atoms with Crippen LogP contribution in [0.15, 0.2) is 30.3 Å². The van der Waals surface area contributed by atoms with E-state index in [1.807, 2.05) is 30.3 Å². The van der Waals surface area contributed by atoms with Crippen molar-refractivity contribution in [3.8, 4) is 0 Å². The highest BCUT2D eigenvalue weighted by Gasteiger charge is 2.38. The number of hydrogen-bond donors (Lipinski definition) is 0. The third-order valence-corrected chi connectivity index (χ3v) is 5.30. The summed E-state index contributed by atoms with van der Waals surface area (Å²) >= 11 is 0. The van der Waals surface area contributed by atoms with Crippen molar-refractivity contribution in [2.75, 3.05) is 34.7 Å². The van der Waals surface area contributed by atoms with E-state index in [1.165, 1.54) is 0 Å². The number of hydrogen-bond acceptors (Lipinski definition) is 5. The minimum atomic E-state index is -2.65. The second kappa shape index (κ2) is 9.19. The van der Waals surface area contributed by atoms with Crippen LogP contribution in [-0.2, 0) is 29.4 Å². The zero-order chi connectivity index (χ0) is 14.0. The van der Waals surface area contributed by atoms with Crippen molar-refractivity contribution in [1.29, 1.82) is 0 Å². The van der Waals surface area contributed by atoms with Crippen molar-refractivity contribution in [2.45, 2.75) is 12.7 Å². The Bertz CT molecular complexity index is 329. The Kier molecular flexibility index (Phi) is 7.88. The second-order valence-corrected chi connectivity index (χ2v) is 6.90. The number of methoxy groups -OCH3 is 1. The Balaban J connectivity index is 2.32. The summed E-state index contributed by atoms with van der Waals surface area (Å²) in [6.45, 7) is 1.25. The highest BCUT2D eigenvalue weighted by Crippen LogP contribution is 2.14. The second-order valence-electron chi connectivity index (χ2n) is 3.93. The largest absolute Gasteiger partial charge is 0.504 e. The lowest BCUT2D eigenvalue weighted by atomic mass is 10.2. The van der Waals surface area contributed by atoms with Crippen LogP contribution in [0.4, 0.5) is 0 Å². The zero-order valence-corrected chi connectivity index (χ0v) is 12.8. The molecule has 19 heavy (non-hydrogen) atoms. The molecular formula is C13H22O5Si. The van der Waals surface area contributed by atoms with Gasteiger partial charge in [0.25, 0.3) is 0 Å². The third kappa shape index (κ3) is 5.81. The highest BCUT2D eigenvalue weighted by atomic mass is 28.4. The zero-order valence-electron chi connectivity index (χ0n) is 11.8. The summed E-state index contributed by atoms with van der Waals surface area (Å²) in [7, 11) is 2.09. The quantitative estimate of drug-likeness (QED) is 0.374. The SMILES string of the molecule is COCO[Si](CCOCc1ccccc1)(OC)OC. The van der Waals surface area contributed by atoms with E-state index in [9.17, 15) is 0 Å². The molecule has 0 atom stereocenters. The van der Waals surface area contributed by atoms with Gasteiger partial charge in [-0.2, -0.15) is 0 Å². The van der Waals surface area contributed by atoms with Crippen LogP contribution in [0.3, 0.4) is 0 Å². The average molecular weight is 286 g/mol. The summed E-state index contributed by atoms with van der Waals surface area (Å²) in [5.41, 5.74) is 1.14. The maximum absolute atomic E-state index is 5.61. The van der Waals surface area contributed by atoms with Gasteiger partial charge in [-0.1, -0.05) is 30.3 Å². The fourth-order valence-electron chi connectivity index (χ4n) is 1.59. The first kappa shape index (κ1) is 16.3. The number of ether oxygens (including phenoxy) is 2. The van der Waals surface area contributed by atoms with Crippen molar-refractivity contribution < 1.29 is 22.8 Å². The smallest absolute Gasteiger partial charge is 0.377 e. The number of benzene rings is 1. The van der Waals surface area contributed by atoms with Gasteiger partial charge in [0, 0.05) is 27.4 Å². The predicted molar refractivity (Wildman–Crippen MR) is 73.6 cm³/mol. The van der Waals surface area contributed by atoms with Crippen LogP contribution >= 0.6 is 0 Å². The Labute approximate surface area is 115 Å². The maximum Gasteiger partial charge on any atom is 0.504 e. The van der Waals surface area contributed by atoms with Crippen molar-refractivity contribution in [3.63, 3.8) is 0 Å². The van der Waals surface area contributed by atoms with E-state index in [0.717, 1.165) is 5.56 Å². The molecular weight excluding hydrogens is 264 g/mol. The van der Waals surface area contributed by atoms with E-state index in [-0.39, 0.29) is 6.79 Å². The molecule has 1 rings (SSSR count). The molecule has 0 saturated heterocycles. The summed E-state index contributed by atoms with van der Waals surface area (Å²) in [6, 6.07) is 10.6. The first-order valence-corrected chi connectivity index (χ1v) is 8.04. The molecule has 0 aliphatic carbocycles. The molecule has 0 saturated carbocycles. The molecule has 0 radical (unpaired) electrons. The van der Waals surface area contributed by atoms with Gasteiger partial charge >= 0.3 is 8.80 Å². The van der Waals surface area contributed by atoms with Crippen LogP contribution in [0.1, 0.15) is 5.56 Å². The summed E-state index contributed by atoms with van der Waals surface area (Å²) in [5.74, 6) is 0. The van der Waals surface area contributed by atoms with E-state index >= 15 is 0 Å². The lowest BCUT2D eigenvalue weighted by molar-refractivity contribution is -0.0144. The van der Waals surface area contributed by atoms with Crippen molar-refractivity contribution in [1.82, 2.24) is 0 Å². The maximum atomic E-state index is 5.61. The standard InChI is InChI=1S/C13H22O5Si/c1-14-12-18-19(15-2,16-3)10-9-17-11-13-7-5-4-6-8-13/h4-8H,9-12H2,1-3H3. The van der Waals surface area contributed by atoms with E-state index < -0.39 is 8.80 Å². The molecule has 1 aromatic carbocycles. The Morgan fingerprint density at radius 2 is 1.68 bits per heavy atom. The van der Waals surface area contributed by atoms with Gasteiger partial charge in [-0.15, -0.1) is 0 Å². The monoisotopic (exact) mass is 286 g/mol. The molecule has 0 spiro atoms. The van der Waals surface area contributed by atoms with Crippen molar-refractivity contribution in [2.24, 2.45) is 0 Å². The minimum Gasteiger partial charge on any atom is -0.377 e. The van der Waals surface area contributed by atoms with Crippen LogP contribution in [0.25, 0.3) is 0 Å². The third-order valence-electron chi connectivity index (χ3n) is 2.68. The topological polar surface area (TPSA) is 46.2 Å². The lowest BCUT2D eigenvalue weighted by Gasteiger charge is -2.25. The van der Waals surface area contributed by atoms with Crippen LogP contribution in [0.5, 0.6) is 0 Å². The Hall–Kier alpha value is -0.763. The molecule has 0 aromatic heterocycles. The minimum absolute atomic E-state index is 0.159. The number of rotatable bonds is 10. The molecule has 6 heteroatoms. The first-order chi connectivity index (χ1) is 9.26. The van der Waals surface area contributed by atoms with Gasteiger partial charge in [-0.05, 0) is 5.56 Å². The fraction of sp³-hybridized carbons (Fsp3) is 0.538. The molecule has 0 N–H and O–H groups in total. The van der Waals surface area contributed by atoms with Gasteiger partial charge < -0.3 is 22.8 Å². The van der Waals surface area contributed by atoms with Gasteiger partial charge in [0.15, 0.2) is 0 Å².